The molecule has 0 aliphatic heterocycles. The van der Waals surface area contributed by atoms with Crippen molar-refractivity contribution in [2.75, 3.05) is 0 Å². The number of benzene rings is 2. The van der Waals surface area contributed by atoms with Crippen molar-refractivity contribution in [3.05, 3.63) is 93.8 Å². The van der Waals surface area contributed by atoms with Crippen LogP contribution in [0, 0.1) is 0 Å². The number of fused-ring (bicyclic) bond motifs is 3. The summed E-state index contributed by atoms with van der Waals surface area (Å²) in [6, 6.07) is 15.7. The second kappa shape index (κ2) is 7.20. The number of pyridine rings is 1. The van der Waals surface area contributed by atoms with Crippen LogP contribution in [-0.4, -0.2) is 20.7 Å². The zero-order valence-electron chi connectivity index (χ0n) is 15.6. The van der Waals surface area contributed by atoms with E-state index in [0.29, 0.717) is 43.8 Å². The highest BCUT2D eigenvalue weighted by Crippen LogP contribution is 2.23. The van der Waals surface area contributed by atoms with E-state index in [-0.39, 0.29) is 18.0 Å². The van der Waals surface area contributed by atoms with E-state index in [1.807, 2.05) is 0 Å². The minimum Gasteiger partial charge on any atom is -0.467 e. The van der Waals surface area contributed by atoms with Gasteiger partial charge in [-0.2, -0.15) is 0 Å². The molecule has 0 spiro atoms. The molecule has 1 amide bonds. The first kappa shape index (κ1) is 18.2. The summed E-state index contributed by atoms with van der Waals surface area (Å²) in [5.74, 6) is 0.419. The number of carbonyl (C=O) groups excluding carboxylic acids is 1. The molecule has 0 unspecified atom stereocenters. The lowest BCUT2D eigenvalue weighted by Crippen LogP contribution is -2.22. The molecule has 0 bridgehead atoms. The van der Waals surface area contributed by atoms with Gasteiger partial charge in [0.15, 0.2) is 0 Å². The van der Waals surface area contributed by atoms with Crippen molar-refractivity contribution in [3.63, 3.8) is 0 Å². The highest BCUT2D eigenvalue weighted by Gasteiger charge is 2.14. The smallest absolute Gasteiger partial charge is 0.280 e. The quantitative estimate of drug-likeness (QED) is 0.460. The van der Waals surface area contributed by atoms with Gasteiger partial charge in [-0.15, -0.1) is 0 Å². The third-order valence-electron chi connectivity index (χ3n) is 4.88. The first-order valence-electron chi connectivity index (χ1n) is 9.20. The van der Waals surface area contributed by atoms with Crippen molar-refractivity contribution in [2.24, 2.45) is 0 Å². The predicted molar refractivity (Wildman–Crippen MR) is 114 cm³/mol. The van der Waals surface area contributed by atoms with Crippen LogP contribution in [0.15, 0.2) is 76.3 Å². The number of hydrogen-bond donors (Lipinski definition) is 2. The molecule has 8 heteroatoms. The number of amides is 1. The maximum Gasteiger partial charge on any atom is 0.280 e. The van der Waals surface area contributed by atoms with Crippen LogP contribution in [0.3, 0.4) is 0 Å². The Kier molecular flexibility index (Phi) is 4.37. The lowest BCUT2D eigenvalue weighted by atomic mass is 10.1. The minimum atomic E-state index is -0.246. The second-order valence-corrected chi connectivity index (χ2v) is 7.21. The van der Waals surface area contributed by atoms with Crippen molar-refractivity contribution >= 4 is 39.3 Å². The standard InChI is InChI=1S/C22H15ClN4O3/c23-14-4-6-15(7-5-14)27-22(29)18-12-24-19-8-3-13(10-17(19)20(18)26-27)21(28)25-11-16-2-1-9-30-16/h1-10,12,26H,11H2,(H,25,28). The van der Waals surface area contributed by atoms with Gasteiger partial charge in [-0.1, -0.05) is 11.6 Å². The van der Waals surface area contributed by atoms with E-state index in [9.17, 15) is 9.59 Å². The molecule has 148 valence electrons. The number of furan rings is 1. The zero-order valence-corrected chi connectivity index (χ0v) is 16.3. The number of H-pyrrole nitrogens is 1. The van der Waals surface area contributed by atoms with Crippen LogP contribution in [-0.2, 0) is 6.54 Å². The molecule has 0 saturated heterocycles. The van der Waals surface area contributed by atoms with Gasteiger partial charge in [-0.3, -0.25) is 19.7 Å². The van der Waals surface area contributed by atoms with Crippen molar-refractivity contribution < 1.29 is 9.21 Å². The minimum absolute atomic E-state index is 0.227. The summed E-state index contributed by atoms with van der Waals surface area (Å²) in [7, 11) is 0. The van der Waals surface area contributed by atoms with Crippen molar-refractivity contribution in [1.82, 2.24) is 20.1 Å². The maximum atomic E-state index is 12.9. The molecule has 5 aromatic rings. The van der Waals surface area contributed by atoms with Gasteiger partial charge >= 0.3 is 0 Å². The molecule has 30 heavy (non-hydrogen) atoms. The van der Waals surface area contributed by atoms with Crippen LogP contribution in [0.25, 0.3) is 27.5 Å². The third-order valence-corrected chi connectivity index (χ3v) is 5.13. The van der Waals surface area contributed by atoms with Gasteiger partial charge in [0, 0.05) is 22.2 Å². The zero-order chi connectivity index (χ0) is 20.7. The normalized spacial score (nSPS) is 11.2. The van der Waals surface area contributed by atoms with Crippen LogP contribution < -0.4 is 10.9 Å². The second-order valence-electron chi connectivity index (χ2n) is 6.77. The van der Waals surface area contributed by atoms with Gasteiger partial charge in [0.2, 0.25) is 0 Å². The van der Waals surface area contributed by atoms with E-state index in [1.54, 1.807) is 67.1 Å². The first-order chi connectivity index (χ1) is 14.6. The Morgan fingerprint density at radius 2 is 1.97 bits per heavy atom. The molecular formula is C22H15ClN4O3. The van der Waals surface area contributed by atoms with Gasteiger partial charge in [-0.25, -0.2) is 4.68 Å². The number of nitrogens with one attached hydrogen (secondary N) is 2. The Hall–Kier alpha value is -3.84. The Balaban J connectivity index is 1.57. The Labute approximate surface area is 174 Å². The average Bonchev–Trinajstić information content (AvgIpc) is 3.40. The number of halogens is 1. The largest absolute Gasteiger partial charge is 0.467 e. The van der Waals surface area contributed by atoms with E-state index in [0.717, 1.165) is 0 Å². The first-order valence-corrected chi connectivity index (χ1v) is 9.58. The molecular weight excluding hydrogens is 404 g/mol. The average molecular weight is 419 g/mol. The molecule has 0 atom stereocenters. The van der Waals surface area contributed by atoms with E-state index < -0.39 is 0 Å². The summed E-state index contributed by atoms with van der Waals surface area (Å²) < 4.78 is 6.67. The monoisotopic (exact) mass is 418 g/mol. The fourth-order valence-corrected chi connectivity index (χ4v) is 3.48. The van der Waals surface area contributed by atoms with Crippen LogP contribution in [0.5, 0.6) is 0 Å². The number of carbonyl (C=O) groups is 1. The van der Waals surface area contributed by atoms with Crippen LogP contribution in [0.1, 0.15) is 16.1 Å². The lowest BCUT2D eigenvalue weighted by Gasteiger charge is -2.05. The predicted octanol–water partition coefficient (Wildman–Crippen LogP) is 4.04. The number of rotatable bonds is 4. The molecule has 3 aromatic heterocycles. The molecule has 0 aliphatic carbocycles. The van der Waals surface area contributed by atoms with Gasteiger partial charge in [0.1, 0.15) is 5.76 Å². The Morgan fingerprint density at radius 1 is 1.13 bits per heavy atom. The van der Waals surface area contributed by atoms with Gasteiger partial charge in [0.05, 0.1) is 34.9 Å². The van der Waals surface area contributed by atoms with Crippen LogP contribution in [0.2, 0.25) is 5.02 Å². The van der Waals surface area contributed by atoms with Crippen molar-refractivity contribution in [1.29, 1.82) is 0 Å². The highest BCUT2D eigenvalue weighted by atomic mass is 35.5. The molecule has 2 N–H and O–H groups in total. The molecule has 2 aromatic carbocycles. The summed E-state index contributed by atoms with van der Waals surface area (Å²) in [5.41, 5.74) is 2.18. The SMILES string of the molecule is O=C(NCc1ccco1)c1ccc2ncc3c(=O)n(-c4ccc(Cl)cc4)[nH]c3c2c1. The number of hydrogen-bond acceptors (Lipinski definition) is 4. The summed E-state index contributed by atoms with van der Waals surface area (Å²) in [4.78, 5) is 29.8. The summed E-state index contributed by atoms with van der Waals surface area (Å²) in [6.07, 6.45) is 3.10. The van der Waals surface area contributed by atoms with Gasteiger partial charge in [0.25, 0.3) is 11.5 Å². The molecule has 0 radical (unpaired) electrons. The van der Waals surface area contributed by atoms with Gasteiger partial charge in [-0.05, 0) is 54.6 Å². The third kappa shape index (κ3) is 3.15. The summed E-state index contributed by atoms with van der Waals surface area (Å²) >= 11 is 5.95. The van der Waals surface area contributed by atoms with E-state index in [2.05, 4.69) is 15.4 Å². The highest BCUT2D eigenvalue weighted by molar-refractivity contribution is 6.30. The van der Waals surface area contributed by atoms with E-state index in [4.69, 9.17) is 16.0 Å². The molecule has 0 aliphatic rings. The van der Waals surface area contributed by atoms with Gasteiger partial charge < -0.3 is 9.73 Å². The van der Waals surface area contributed by atoms with Crippen LogP contribution in [0.4, 0.5) is 0 Å². The lowest BCUT2D eigenvalue weighted by molar-refractivity contribution is 0.0948. The molecule has 5 rings (SSSR count). The van der Waals surface area contributed by atoms with E-state index >= 15 is 0 Å². The van der Waals surface area contributed by atoms with Crippen molar-refractivity contribution in [3.8, 4) is 5.69 Å². The molecule has 3 heterocycles. The number of nitrogens with zero attached hydrogens (tertiary/aromatic N) is 2. The van der Waals surface area contributed by atoms with E-state index in [1.165, 1.54) is 4.68 Å². The Morgan fingerprint density at radius 3 is 2.73 bits per heavy atom. The Bertz CT molecular complexity index is 1430. The topological polar surface area (TPSA) is 92.9 Å². The molecule has 0 saturated carbocycles. The fraction of sp³-hybridized carbons (Fsp3) is 0.0455. The fourth-order valence-electron chi connectivity index (χ4n) is 3.35. The number of aromatic amines is 1. The molecule has 7 nitrogen and oxygen atoms in total. The maximum absolute atomic E-state index is 12.9. The molecule has 0 fully saturated rings. The van der Waals surface area contributed by atoms with Crippen molar-refractivity contribution in [2.45, 2.75) is 6.54 Å². The number of aromatic nitrogens is 3. The summed E-state index contributed by atoms with van der Waals surface area (Å²) in [6.45, 7) is 0.288. The summed E-state index contributed by atoms with van der Waals surface area (Å²) in [5, 5.41) is 7.66. The van der Waals surface area contributed by atoms with Crippen LogP contribution >= 0.6 is 11.6 Å².